The van der Waals surface area contributed by atoms with Crippen molar-refractivity contribution in [1.29, 1.82) is 0 Å². The van der Waals surface area contributed by atoms with E-state index in [1.165, 1.54) is 0 Å². The van der Waals surface area contributed by atoms with E-state index in [1.807, 2.05) is 30.3 Å². The van der Waals surface area contributed by atoms with E-state index in [4.69, 9.17) is 16.3 Å². The number of aliphatic hydroxyl groups is 1. The van der Waals surface area contributed by atoms with Gasteiger partial charge in [0, 0.05) is 25.1 Å². The van der Waals surface area contributed by atoms with Gasteiger partial charge in [-0.1, -0.05) is 41.6 Å². The smallest absolute Gasteiger partial charge is 0.156 e. The average Bonchev–Trinajstić information content (AvgIpc) is 2.80. The lowest BCUT2D eigenvalue weighted by atomic mass is 10.4. The predicted octanol–water partition coefficient (Wildman–Crippen LogP) is 3.04. The number of nitrogens with zero attached hydrogens (tertiary/aromatic N) is 1. The third-order valence-electron chi connectivity index (χ3n) is 2.60. The number of benzene rings is 1. The van der Waals surface area contributed by atoms with Crippen molar-refractivity contribution in [1.82, 2.24) is 10.3 Å². The molecule has 1 aromatic heterocycles. The van der Waals surface area contributed by atoms with Gasteiger partial charge in [0.1, 0.15) is 5.15 Å². The molecule has 0 saturated carbocycles. The Morgan fingerprint density at radius 2 is 2.19 bits per heavy atom. The summed E-state index contributed by atoms with van der Waals surface area (Å²) >= 11 is 9.31. The van der Waals surface area contributed by atoms with E-state index in [-0.39, 0.29) is 0 Å². The zero-order valence-corrected chi connectivity index (χ0v) is 14.0. The Morgan fingerprint density at radius 3 is 2.90 bits per heavy atom. The lowest BCUT2D eigenvalue weighted by molar-refractivity contribution is 0.0644. The van der Waals surface area contributed by atoms with Gasteiger partial charge in [0.2, 0.25) is 0 Å². The second kappa shape index (κ2) is 8.73. The van der Waals surface area contributed by atoms with E-state index in [1.54, 1.807) is 30.2 Å². The van der Waals surface area contributed by atoms with Crippen molar-refractivity contribution in [3.05, 3.63) is 40.4 Å². The summed E-state index contributed by atoms with van der Waals surface area (Å²) in [6.07, 6.45) is -0.514. The van der Waals surface area contributed by atoms with Crippen LogP contribution >= 0.6 is 34.7 Å². The molecular weight excluding hydrogens is 328 g/mol. The van der Waals surface area contributed by atoms with Gasteiger partial charge in [0.15, 0.2) is 4.34 Å². The summed E-state index contributed by atoms with van der Waals surface area (Å²) < 4.78 is 5.79. The van der Waals surface area contributed by atoms with Gasteiger partial charge in [-0.15, -0.1) is 11.3 Å². The molecule has 4 nitrogen and oxygen atoms in total. The number of ether oxygens (including phenoxy) is 1. The first kappa shape index (κ1) is 16.7. The minimum absolute atomic E-state index is 0.318. The van der Waals surface area contributed by atoms with Crippen molar-refractivity contribution in [3.8, 4) is 0 Å². The predicted molar refractivity (Wildman–Crippen MR) is 87.3 cm³/mol. The Morgan fingerprint density at radius 1 is 1.43 bits per heavy atom. The van der Waals surface area contributed by atoms with Crippen LogP contribution in [0.5, 0.6) is 0 Å². The Bertz CT molecular complexity index is 551. The average molecular weight is 345 g/mol. The quantitative estimate of drug-likeness (QED) is 0.771. The van der Waals surface area contributed by atoms with E-state index >= 15 is 0 Å². The largest absolute Gasteiger partial charge is 0.389 e. The summed E-state index contributed by atoms with van der Waals surface area (Å²) in [4.78, 5) is 6.47. The van der Waals surface area contributed by atoms with Crippen LogP contribution in [0.3, 0.4) is 0 Å². The number of halogens is 1. The lowest BCUT2D eigenvalue weighted by Gasteiger charge is -2.09. The topological polar surface area (TPSA) is 54.4 Å². The maximum Gasteiger partial charge on any atom is 0.156 e. The highest BCUT2D eigenvalue weighted by molar-refractivity contribution is 8.01. The summed E-state index contributed by atoms with van der Waals surface area (Å²) in [6.45, 7) is 1.37. The SMILES string of the molecule is COCC(O)CNCc1sc(Sc2ccccc2)nc1Cl. The number of thiazole rings is 1. The molecule has 7 heteroatoms. The normalized spacial score (nSPS) is 12.5. The number of methoxy groups -OCH3 is 1. The highest BCUT2D eigenvalue weighted by atomic mass is 35.5. The van der Waals surface area contributed by atoms with Crippen LogP contribution in [-0.4, -0.2) is 36.5 Å². The van der Waals surface area contributed by atoms with Gasteiger partial charge in [-0.3, -0.25) is 0 Å². The monoisotopic (exact) mass is 344 g/mol. The van der Waals surface area contributed by atoms with Crippen molar-refractivity contribution in [2.24, 2.45) is 0 Å². The molecule has 1 heterocycles. The Hall–Kier alpha value is -0.630. The van der Waals surface area contributed by atoms with Gasteiger partial charge in [-0.25, -0.2) is 4.98 Å². The summed E-state index contributed by atoms with van der Waals surface area (Å²) in [5, 5.41) is 13.2. The number of aliphatic hydroxyl groups excluding tert-OH is 1. The zero-order chi connectivity index (χ0) is 15.1. The molecule has 1 aromatic carbocycles. The van der Waals surface area contributed by atoms with Crippen molar-refractivity contribution in [3.63, 3.8) is 0 Å². The third kappa shape index (κ3) is 5.58. The molecule has 0 saturated heterocycles. The molecule has 0 fully saturated rings. The third-order valence-corrected chi connectivity index (χ3v) is 5.15. The molecule has 0 radical (unpaired) electrons. The molecule has 1 unspecified atom stereocenters. The molecule has 0 bridgehead atoms. The molecule has 0 amide bonds. The van der Waals surface area contributed by atoms with Crippen LogP contribution in [0.1, 0.15) is 4.88 Å². The van der Waals surface area contributed by atoms with Gasteiger partial charge in [0.25, 0.3) is 0 Å². The highest BCUT2D eigenvalue weighted by Crippen LogP contribution is 2.34. The molecule has 1 atom stereocenters. The molecule has 2 N–H and O–H groups in total. The fourth-order valence-corrected chi connectivity index (χ4v) is 4.07. The fraction of sp³-hybridized carbons (Fsp3) is 0.357. The highest BCUT2D eigenvalue weighted by Gasteiger charge is 2.11. The molecule has 2 rings (SSSR count). The Balaban J connectivity index is 1.87. The number of rotatable bonds is 8. The fourth-order valence-electron chi connectivity index (χ4n) is 1.66. The van der Waals surface area contributed by atoms with Crippen molar-refractivity contribution >= 4 is 34.7 Å². The molecule has 0 aliphatic rings. The van der Waals surface area contributed by atoms with Crippen molar-refractivity contribution < 1.29 is 9.84 Å². The minimum atomic E-state index is -0.514. The van der Waals surface area contributed by atoms with Crippen LogP contribution in [-0.2, 0) is 11.3 Å². The van der Waals surface area contributed by atoms with Crippen LogP contribution in [0.15, 0.2) is 39.6 Å². The van der Waals surface area contributed by atoms with Crippen molar-refractivity contribution in [2.45, 2.75) is 21.9 Å². The van der Waals surface area contributed by atoms with Crippen LogP contribution in [0.2, 0.25) is 5.15 Å². The zero-order valence-electron chi connectivity index (χ0n) is 11.6. The summed E-state index contributed by atoms with van der Waals surface area (Å²) in [6, 6.07) is 10.1. The van der Waals surface area contributed by atoms with Gasteiger partial charge in [-0.05, 0) is 12.1 Å². The number of nitrogens with one attached hydrogen (secondary N) is 1. The van der Waals surface area contributed by atoms with E-state index in [0.29, 0.717) is 24.8 Å². The summed E-state index contributed by atoms with van der Waals surface area (Å²) in [7, 11) is 1.57. The van der Waals surface area contributed by atoms with E-state index < -0.39 is 6.10 Å². The Labute approximate surface area is 137 Å². The Kier molecular flexibility index (Phi) is 6.95. The van der Waals surface area contributed by atoms with Crippen LogP contribution in [0.4, 0.5) is 0 Å². The molecule has 0 aliphatic heterocycles. The number of hydrogen-bond acceptors (Lipinski definition) is 6. The van der Waals surface area contributed by atoms with E-state index in [0.717, 1.165) is 14.1 Å². The first-order valence-electron chi connectivity index (χ1n) is 6.45. The van der Waals surface area contributed by atoms with Crippen LogP contribution < -0.4 is 5.32 Å². The second-order valence-corrected chi connectivity index (χ2v) is 7.11. The van der Waals surface area contributed by atoms with Gasteiger partial charge < -0.3 is 15.2 Å². The van der Waals surface area contributed by atoms with Gasteiger partial charge in [0.05, 0.1) is 17.6 Å². The molecule has 114 valence electrons. The molecular formula is C14H17ClN2O2S2. The molecule has 21 heavy (non-hydrogen) atoms. The molecule has 2 aromatic rings. The van der Waals surface area contributed by atoms with Gasteiger partial charge >= 0.3 is 0 Å². The maximum absolute atomic E-state index is 9.56. The van der Waals surface area contributed by atoms with Gasteiger partial charge in [-0.2, -0.15) is 0 Å². The number of aromatic nitrogens is 1. The first-order valence-corrected chi connectivity index (χ1v) is 8.46. The molecule has 0 aliphatic carbocycles. The number of hydrogen-bond donors (Lipinski definition) is 2. The standard InChI is InChI=1S/C14H17ClN2O2S2/c1-19-9-10(18)7-16-8-12-13(15)17-14(21-12)20-11-5-3-2-4-6-11/h2-6,10,16,18H,7-9H2,1H3. The molecule has 0 spiro atoms. The van der Waals surface area contributed by atoms with Crippen LogP contribution in [0.25, 0.3) is 0 Å². The lowest BCUT2D eigenvalue weighted by Crippen LogP contribution is -2.29. The summed E-state index contributed by atoms with van der Waals surface area (Å²) in [5.41, 5.74) is 0. The van der Waals surface area contributed by atoms with Crippen LogP contribution in [0, 0.1) is 0 Å². The first-order chi connectivity index (χ1) is 10.2. The van der Waals surface area contributed by atoms with E-state index in [2.05, 4.69) is 10.3 Å². The van der Waals surface area contributed by atoms with E-state index in [9.17, 15) is 5.11 Å². The second-order valence-electron chi connectivity index (χ2n) is 4.35. The van der Waals surface area contributed by atoms with Crippen molar-refractivity contribution in [2.75, 3.05) is 20.3 Å². The maximum atomic E-state index is 9.56. The summed E-state index contributed by atoms with van der Waals surface area (Å²) in [5.74, 6) is 0. The minimum Gasteiger partial charge on any atom is -0.389 e.